The fourth-order valence-electron chi connectivity index (χ4n) is 2.83. The van der Waals surface area contributed by atoms with Gasteiger partial charge in [0.05, 0.1) is 24.9 Å². The summed E-state index contributed by atoms with van der Waals surface area (Å²) < 4.78 is 10.8. The lowest BCUT2D eigenvalue weighted by molar-refractivity contribution is -0.142. The van der Waals surface area contributed by atoms with E-state index in [9.17, 15) is 4.79 Å². The summed E-state index contributed by atoms with van der Waals surface area (Å²) in [7, 11) is 0. The van der Waals surface area contributed by atoms with E-state index in [2.05, 4.69) is 20.3 Å². The van der Waals surface area contributed by atoms with Crippen LogP contribution in [-0.2, 0) is 16.0 Å². The molecule has 1 aliphatic rings. The van der Waals surface area contributed by atoms with Crippen LogP contribution in [0.15, 0.2) is 24.5 Å². The lowest BCUT2D eigenvalue weighted by atomic mass is 10.2. The smallest absolute Gasteiger partial charge is 0.310 e. The van der Waals surface area contributed by atoms with Gasteiger partial charge in [0.15, 0.2) is 0 Å². The number of aromatic nitrogens is 3. The molecular formula is C18H21ClN4O3. The van der Waals surface area contributed by atoms with Crippen molar-refractivity contribution in [2.75, 3.05) is 11.9 Å². The summed E-state index contributed by atoms with van der Waals surface area (Å²) >= 11 is 5.89. The Kier molecular flexibility index (Phi) is 6.22. The van der Waals surface area contributed by atoms with Gasteiger partial charge in [0.1, 0.15) is 11.9 Å². The molecule has 0 atom stereocenters. The summed E-state index contributed by atoms with van der Waals surface area (Å²) in [6, 6.07) is 3.66. The number of hydrogen-bond donors (Lipinski definition) is 1. The van der Waals surface area contributed by atoms with Crippen molar-refractivity contribution >= 4 is 29.1 Å². The fourth-order valence-corrected chi connectivity index (χ4v) is 2.96. The molecule has 0 spiro atoms. The van der Waals surface area contributed by atoms with Gasteiger partial charge < -0.3 is 14.8 Å². The molecule has 0 aromatic carbocycles. The second kappa shape index (κ2) is 8.80. The van der Waals surface area contributed by atoms with Crippen molar-refractivity contribution in [2.24, 2.45) is 0 Å². The van der Waals surface area contributed by atoms with Gasteiger partial charge in [-0.15, -0.1) is 0 Å². The minimum Gasteiger partial charge on any atom is -0.474 e. The molecule has 1 aliphatic carbocycles. The van der Waals surface area contributed by atoms with Crippen molar-refractivity contribution < 1.29 is 14.3 Å². The summed E-state index contributed by atoms with van der Waals surface area (Å²) in [5, 5.41) is 3.21. The van der Waals surface area contributed by atoms with Gasteiger partial charge in [-0.25, -0.2) is 15.0 Å². The Bertz CT molecular complexity index is 749. The zero-order valence-electron chi connectivity index (χ0n) is 14.6. The van der Waals surface area contributed by atoms with E-state index in [4.69, 9.17) is 21.1 Å². The predicted molar refractivity (Wildman–Crippen MR) is 97.8 cm³/mol. The fraction of sp³-hybridized carbons (Fsp3) is 0.444. The van der Waals surface area contributed by atoms with Crippen LogP contribution < -0.4 is 10.1 Å². The van der Waals surface area contributed by atoms with Gasteiger partial charge in [-0.2, -0.15) is 0 Å². The van der Waals surface area contributed by atoms with Crippen LogP contribution in [0.5, 0.6) is 5.88 Å². The van der Waals surface area contributed by atoms with Crippen LogP contribution in [-0.4, -0.2) is 33.6 Å². The standard InChI is InChI=1S/C18H21ClN4O3/c1-2-25-16(24)9-12-10-21-18(19)23-17(12)22-13-7-8-15(20-11-13)26-14-5-3-4-6-14/h7-8,10-11,14H,2-6,9H2,1H3,(H,21,22,23). The Morgan fingerprint density at radius 3 is 2.77 bits per heavy atom. The maximum Gasteiger partial charge on any atom is 0.310 e. The third kappa shape index (κ3) is 5.05. The first-order chi connectivity index (χ1) is 12.6. The molecule has 0 amide bonds. The molecule has 0 saturated heterocycles. The van der Waals surface area contributed by atoms with Gasteiger partial charge in [-0.3, -0.25) is 4.79 Å². The number of anilines is 2. The van der Waals surface area contributed by atoms with E-state index >= 15 is 0 Å². The van der Waals surface area contributed by atoms with Crippen molar-refractivity contribution in [1.82, 2.24) is 15.0 Å². The molecule has 1 saturated carbocycles. The first-order valence-corrected chi connectivity index (χ1v) is 9.08. The van der Waals surface area contributed by atoms with Crippen LogP contribution in [0.4, 0.5) is 11.5 Å². The van der Waals surface area contributed by atoms with Crippen molar-refractivity contribution in [3.8, 4) is 5.88 Å². The van der Waals surface area contributed by atoms with Crippen LogP contribution in [0, 0.1) is 0 Å². The normalized spacial score (nSPS) is 14.2. The molecule has 0 radical (unpaired) electrons. The van der Waals surface area contributed by atoms with Crippen LogP contribution in [0.3, 0.4) is 0 Å². The Hall–Kier alpha value is -2.41. The number of ether oxygens (including phenoxy) is 2. The quantitative estimate of drug-likeness (QED) is 0.582. The van der Waals surface area contributed by atoms with Gasteiger partial charge in [-0.1, -0.05) is 0 Å². The van der Waals surface area contributed by atoms with Crippen molar-refractivity contribution in [2.45, 2.75) is 45.1 Å². The summed E-state index contributed by atoms with van der Waals surface area (Å²) in [6.07, 6.45) is 8.08. The molecule has 3 rings (SSSR count). The number of halogens is 1. The van der Waals surface area contributed by atoms with Crippen LogP contribution in [0.2, 0.25) is 5.28 Å². The molecule has 26 heavy (non-hydrogen) atoms. The number of pyridine rings is 1. The summed E-state index contributed by atoms with van der Waals surface area (Å²) in [5.41, 5.74) is 1.31. The molecule has 1 N–H and O–H groups in total. The largest absolute Gasteiger partial charge is 0.474 e. The lowest BCUT2D eigenvalue weighted by Gasteiger charge is -2.13. The van der Waals surface area contributed by atoms with E-state index in [1.807, 2.05) is 12.1 Å². The van der Waals surface area contributed by atoms with Crippen LogP contribution >= 0.6 is 11.6 Å². The first kappa shape index (κ1) is 18.4. The first-order valence-electron chi connectivity index (χ1n) is 8.71. The molecule has 2 aromatic rings. The number of esters is 1. The third-order valence-electron chi connectivity index (χ3n) is 4.06. The minimum absolute atomic E-state index is 0.0592. The zero-order valence-corrected chi connectivity index (χ0v) is 15.3. The molecule has 1 fully saturated rings. The Balaban J connectivity index is 1.69. The topological polar surface area (TPSA) is 86.2 Å². The number of carbonyl (C=O) groups excluding carboxylic acids is 1. The number of hydrogen-bond acceptors (Lipinski definition) is 7. The highest BCUT2D eigenvalue weighted by atomic mass is 35.5. The SMILES string of the molecule is CCOC(=O)Cc1cnc(Cl)nc1Nc1ccc(OC2CCCC2)nc1. The predicted octanol–water partition coefficient (Wildman–Crippen LogP) is 3.70. The summed E-state index contributed by atoms with van der Waals surface area (Å²) in [5.74, 6) is 0.708. The molecule has 8 heteroatoms. The van der Waals surface area contributed by atoms with Gasteiger partial charge >= 0.3 is 5.97 Å². The molecule has 2 aromatic heterocycles. The third-order valence-corrected chi connectivity index (χ3v) is 4.25. The minimum atomic E-state index is -0.347. The maximum absolute atomic E-state index is 11.7. The second-order valence-corrected chi connectivity index (χ2v) is 6.37. The monoisotopic (exact) mass is 376 g/mol. The highest BCUT2D eigenvalue weighted by Crippen LogP contribution is 2.25. The highest BCUT2D eigenvalue weighted by molar-refractivity contribution is 6.28. The van der Waals surface area contributed by atoms with Crippen molar-refractivity contribution in [3.05, 3.63) is 35.4 Å². The Morgan fingerprint density at radius 2 is 2.08 bits per heavy atom. The Morgan fingerprint density at radius 1 is 1.27 bits per heavy atom. The lowest BCUT2D eigenvalue weighted by Crippen LogP contribution is -2.12. The highest BCUT2D eigenvalue weighted by Gasteiger charge is 2.17. The van der Waals surface area contributed by atoms with Crippen LogP contribution in [0.1, 0.15) is 38.2 Å². The molecule has 0 aliphatic heterocycles. The number of nitrogens with zero attached hydrogens (tertiary/aromatic N) is 3. The average molecular weight is 377 g/mol. The van der Waals surface area contributed by atoms with Crippen molar-refractivity contribution in [1.29, 1.82) is 0 Å². The summed E-state index contributed by atoms with van der Waals surface area (Å²) in [6.45, 7) is 2.08. The van der Waals surface area contributed by atoms with E-state index in [0.717, 1.165) is 12.8 Å². The second-order valence-electron chi connectivity index (χ2n) is 6.03. The molecule has 2 heterocycles. The van der Waals surface area contributed by atoms with Gasteiger partial charge in [0, 0.05) is 17.8 Å². The van der Waals surface area contributed by atoms with Gasteiger partial charge in [0.25, 0.3) is 0 Å². The average Bonchev–Trinajstić information content (AvgIpc) is 3.12. The zero-order chi connectivity index (χ0) is 18.4. The van der Waals surface area contributed by atoms with Crippen LogP contribution in [0.25, 0.3) is 0 Å². The Labute approximate surface area is 157 Å². The van der Waals surface area contributed by atoms with E-state index in [1.54, 1.807) is 13.1 Å². The maximum atomic E-state index is 11.7. The molecule has 138 valence electrons. The van der Waals surface area contributed by atoms with E-state index in [-0.39, 0.29) is 23.8 Å². The van der Waals surface area contributed by atoms with Gasteiger partial charge in [-0.05, 0) is 50.3 Å². The van der Waals surface area contributed by atoms with E-state index < -0.39 is 0 Å². The molecular weight excluding hydrogens is 356 g/mol. The number of nitrogens with one attached hydrogen (secondary N) is 1. The van der Waals surface area contributed by atoms with Crippen molar-refractivity contribution in [3.63, 3.8) is 0 Å². The molecule has 0 unspecified atom stereocenters. The molecule has 0 bridgehead atoms. The number of carbonyl (C=O) groups is 1. The summed E-state index contributed by atoms with van der Waals surface area (Å²) in [4.78, 5) is 24.2. The number of rotatable bonds is 7. The van der Waals surface area contributed by atoms with E-state index in [0.29, 0.717) is 29.6 Å². The van der Waals surface area contributed by atoms with Gasteiger partial charge in [0.2, 0.25) is 11.2 Å². The van der Waals surface area contributed by atoms with E-state index in [1.165, 1.54) is 19.0 Å². The molecule has 7 nitrogen and oxygen atoms in total.